The number of thiocarbonyl (C=S) groups is 1. The fraction of sp³-hybridized carbons (Fsp3) is 0.192. The van der Waals surface area contributed by atoms with Gasteiger partial charge in [0.1, 0.15) is 11.9 Å². The summed E-state index contributed by atoms with van der Waals surface area (Å²) in [5, 5.41) is 4.21. The molecule has 4 heterocycles. The quantitative estimate of drug-likeness (QED) is 0.437. The number of nitrogens with one attached hydrogen (secondary N) is 1. The van der Waals surface area contributed by atoms with Gasteiger partial charge >= 0.3 is 0 Å². The van der Waals surface area contributed by atoms with Crippen LogP contribution >= 0.6 is 12.2 Å². The molecule has 0 aliphatic carbocycles. The Hall–Kier alpha value is -3.71. The summed E-state index contributed by atoms with van der Waals surface area (Å²) in [7, 11) is 4.08. The Morgan fingerprint density at radius 2 is 1.76 bits per heavy atom. The third kappa shape index (κ3) is 3.96. The molecule has 1 aromatic carbocycles. The van der Waals surface area contributed by atoms with Crippen molar-refractivity contribution in [2.75, 3.05) is 23.9 Å². The fourth-order valence-electron chi connectivity index (χ4n) is 4.29. The van der Waals surface area contributed by atoms with Crippen molar-refractivity contribution in [1.82, 2.24) is 19.9 Å². The average Bonchev–Trinajstić information content (AvgIpc) is 3.44. The average molecular weight is 455 g/mol. The van der Waals surface area contributed by atoms with Crippen molar-refractivity contribution in [3.8, 4) is 5.82 Å². The largest absolute Gasteiger partial charge is 0.378 e. The molecule has 4 aromatic rings. The summed E-state index contributed by atoms with van der Waals surface area (Å²) in [6.45, 7) is 2.04. The molecule has 0 spiro atoms. The number of anilines is 2. The Bertz CT molecular complexity index is 1250. The normalized spacial score (nSPS) is 17.8. The molecule has 5 rings (SSSR count). The Balaban J connectivity index is 1.63. The summed E-state index contributed by atoms with van der Waals surface area (Å²) in [4.78, 5) is 13.6. The number of hydrogen-bond acceptors (Lipinski definition) is 4. The molecular formula is C26H26N6S. The Labute approximate surface area is 199 Å². The van der Waals surface area contributed by atoms with Crippen LogP contribution in [0.2, 0.25) is 0 Å². The highest BCUT2D eigenvalue weighted by molar-refractivity contribution is 7.80. The summed E-state index contributed by atoms with van der Waals surface area (Å²) in [5.74, 6) is 0.876. The Morgan fingerprint density at radius 3 is 2.42 bits per heavy atom. The number of nitrogens with zero attached hydrogens (tertiary/aromatic N) is 5. The first-order valence-electron chi connectivity index (χ1n) is 10.9. The molecule has 0 amide bonds. The van der Waals surface area contributed by atoms with Crippen LogP contribution in [0, 0.1) is 6.92 Å². The van der Waals surface area contributed by atoms with Crippen LogP contribution in [0.15, 0.2) is 85.3 Å². The van der Waals surface area contributed by atoms with Crippen LogP contribution in [-0.2, 0) is 0 Å². The van der Waals surface area contributed by atoms with E-state index in [9.17, 15) is 0 Å². The second-order valence-corrected chi connectivity index (χ2v) is 8.79. The van der Waals surface area contributed by atoms with Crippen molar-refractivity contribution < 1.29 is 0 Å². The zero-order valence-electron chi connectivity index (χ0n) is 18.9. The maximum atomic E-state index is 5.86. The van der Waals surface area contributed by atoms with Gasteiger partial charge in [-0.25, -0.2) is 4.98 Å². The van der Waals surface area contributed by atoms with Crippen LogP contribution < -0.4 is 15.1 Å². The minimum absolute atomic E-state index is 0.101. The van der Waals surface area contributed by atoms with E-state index in [1.807, 2.05) is 57.7 Å². The molecule has 6 nitrogen and oxygen atoms in total. The lowest BCUT2D eigenvalue weighted by atomic mass is 10.0. The monoisotopic (exact) mass is 454 g/mol. The van der Waals surface area contributed by atoms with Crippen molar-refractivity contribution in [3.63, 3.8) is 0 Å². The molecule has 1 saturated heterocycles. The fourth-order valence-corrected chi connectivity index (χ4v) is 4.64. The second-order valence-electron chi connectivity index (χ2n) is 8.40. The van der Waals surface area contributed by atoms with Crippen LogP contribution in [0.1, 0.15) is 29.0 Å². The molecule has 1 aliphatic rings. The summed E-state index contributed by atoms with van der Waals surface area (Å²) in [6.07, 6.45) is 5.77. The lowest BCUT2D eigenvalue weighted by Crippen LogP contribution is -2.30. The van der Waals surface area contributed by atoms with Crippen LogP contribution in [-0.4, -0.2) is 33.7 Å². The first-order chi connectivity index (χ1) is 16.0. The number of pyridine rings is 2. The van der Waals surface area contributed by atoms with Gasteiger partial charge in [-0.15, -0.1) is 0 Å². The minimum atomic E-state index is -0.105. The molecule has 0 bridgehead atoms. The van der Waals surface area contributed by atoms with E-state index >= 15 is 0 Å². The number of rotatable bonds is 5. The number of aryl methyl sites for hydroxylation is 1. The summed E-state index contributed by atoms with van der Waals surface area (Å²) >= 11 is 5.86. The summed E-state index contributed by atoms with van der Waals surface area (Å²) in [5.41, 5.74) is 5.34. The van der Waals surface area contributed by atoms with Crippen molar-refractivity contribution in [1.29, 1.82) is 0 Å². The Kier molecular flexibility index (Phi) is 5.56. The van der Waals surface area contributed by atoms with Crippen LogP contribution in [0.4, 0.5) is 11.4 Å². The van der Waals surface area contributed by atoms with Gasteiger partial charge in [0, 0.05) is 49.8 Å². The van der Waals surface area contributed by atoms with Gasteiger partial charge in [0.15, 0.2) is 5.11 Å². The smallest absolute Gasteiger partial charge is 0.174 e. The van der Waals surface area contributed by atoms with E-state index in [4.69, 9.17) is 12.2 Å². The molecule has 1 fully saturated rings. The van der Waals surface area contributed by atoms with Gasteiger partial charge in [0.25, 0.3) is 0 Å². The van der Waals surface area contributed by atoms with Crippen molar-refractivity contribution in [3.05, 3.63) is 102 Å². The predicted octanol–water partition coefficient (Wildman–Crippen LogP) is 4.82. The van der Waals surface area contributed by atoms with Gasteiger partial charge in [-0.2, -0.15) is 0 Å². The van der Waals surface area contributed by atoms with Crippen molar-refractivity contribution in [2.24, 2.45) is 0 Å². The summed E-state index contributed by atoms with van der Waals surface area (Å²) < 4.78 is 2.14. The van der Waals surface area contributed by atoms with E-state index in [1.54, 1.807) is 0 Å². The maximum Gasteiger partial charge on any atom is 0.174 e. The van der Waals surface area contributed by atoms with Gasteiger partial charge in [0.2, 0.25) is 0 Å². The first kappa shape index (κ1) is 21.2. The van der Waals surface area contributed by atoms with Crippen LogP contribution in [0.25, 0.3) is 5.82 Å². The topological polar surface area (TPSA) is 49.2 Å². The molecule has 166 valence electrons. The predicted molar refractivity (Wildman–Crippen MR) is 137 cm³/mol. The van der Waals surface area contributed by atoms with Crippen molar-refractivity contribution >= 4 is 28.7 Å². The highest BCUT2D eigenvalue weighted by Crippen LogP contribution is 2.42. The molecule has 0 radical (unpaired) electrons. The number of hydrogen-bond donors (Lipinski definition) is 1. The molecule has 1 aliphatic heterocycles. The maximum absolute atomic E-state index is 5.86. The lowest BCUT2D eigenvalue weighted by Gasteiger charge is -2.29. The standard InChI is InChI=1S/C26H26N6S/c1-18-9-14-23(28-17-18)31-16-6-8-22(31)25-24(21-7-4-5-15-27-21)29-26(33)32(25)20-12-10-19(11-13-20)30(2)3/h4-17,24-25H,1-3H3,(H,29,33)/t24-,25+/m1/s1. The van der Waals surface area contributed by atoms with Gasteiger partial charge in [-0.3, -0.25) is 4.98 Å². The lowest BCUT2D eigenvalue weighted by molar-refractivity contribution is 0.548. The molecular weight excluding hydrogens is 428 g/mol. The molecule has 0 unspecified atom stereocenters. The molecule has 1 N–H and O–H groups in total. The molecule has 0 saturated carbocycles. The Morgan fingerprint density at radius 1 is 0.939 bits per heavy atom. The highest BCUT2D eigenvalue weighted by Gasteiger charge is 2.42. The number of aromatic nitrogens is 3. The molecule has 7 heteroatoms. The third-order valence-electron chi connectivity index (χ3n) is 5.97. The van der Waals surface area contributed by atoms with Crippen LogP contribution in [0.3, 0.4) is 0 Å². The van der Waals surface area contributed by atoms with E-state index in [1.165, 1.54) is 0 Å². The zero-order valence-corrected chi connectivity index (χ0v) is 19.7. The molecule has 33 heavy (non-hydrogen) atoms. The highest BCUT2D eigenvalue weighted by atomic mass is 32.1. The minimum Gasteiger partial charge on any atom is -0.378 e. The molecule has 3 aromatic heterocycles. The van der Waals surface area contributed by atoms with E-state index in [0.29, 0.717) is 5.11 Å². The number of benzene rings is 1. The van der Waals surface area contributed by atoms with E-state index in [-0.39, 0.29) is 12.1 Å². The third-order valence-corrected chi connectivity index (χ3v) is 6.28. The van der Waals surface area contributed by atoms with Gasteiger partial charge < -0.3 is 19.7 Å². The van der Waals surface area contributed by atoms with Gasteiger partial charge in [0.05, 0.1) is 11.7 Å². The zero-order chi connectivity index (χ0) is 22.9. The van der Waals surface area contributed by atoms with Gasteiger partial charge in [-0.1, -0.05) is 12.1 Å². The van der Waals surface area contributed by atoms with E-state index < -0.39 is 0 Å². The summed E-state index contributed by atoms with van der Waals surface area (Å²) in [6, 6.07) is 22.6. The molecule has 2 atom stereocenters. The van der Waals surface area contributed by atoms with E-state index in [2.05, 4.69) is 78.3 Å². The van der Waals surface area contributed by atoms with Crippen molar-refractivity contribution in [2.45, 2.75) is 19.0 Å². The first-order valence-corrected chi connectivity index (χ1v) is 11.3. The SMILES string of the molecule is Cc1ccc(-n2cccc2[C@H]2[C@@H](c3ccccn3)NC(=S)N2c2ccc(N(C)C)cc2)nc1. The van der Waals surface area contributed by atoms with E-state index in [0.717, 1.165) is 34.1 Å². The second kappa shape index (κ2) is 8.67. The van der Waals surface area contributed by atoms with Crippen LogP contribution in [0.5, 0.6) is 0 Å². The van der Waals surface area contributed by atoms with Gasteiger partial charge in [-0.05, 0) is 79.3 Å².